The normalized spacial score (nSPS) is 21.3. The van der Waals surface area contributed by atoms with Crippen molar-refractivity contribution in [1.82, 2.24) is 19.7 Å². The number of fused-ring (bicyclic) bond motifs is 1. The van der Waals surface area contributed by atoms with Gasteiger partial charge in [0.05, 0.1) is 25.5 Å². The van der Waals surface area contributed by atoms with E-state index in [0.29, 0.717) is 5.88 Å². The van der Waals surface area contributed by atoms with Crippen molar-refractivity contribution in [2.75, 3.05) is 20.3 Å². The van der Waals surface area contributed by atoms with Crippen LogP contribution in [0.3, 0.4) is 0 Å². The molecule has 0 radical (unpaired) electrons. The first kappa shape index (κ1) is 15.6. The van der Waals surface area contributed by atoms with Crippen LogP contribution in [0.5, 0.6) is 5.88 Å². The van der Waals surface area contributed by atoms with E-state index in [1.165, 1.54) is 18.5 Å². The van der Waals surface area contributed by atoms with Gasteiger partial charge in [0.25, 0.3) is 0 Å². The predicted molar refractivity (Wildman–Crippen MR) is 89.6 cm³/mol. The van der Waals surface area contributed by atoms with Crippen molar-refractivity contribution in [2.45, 2.75) is 38.6 Å². The van der Waals surface area contributed by atoms with E-state index in [4.69, 9.17) is 9.47 Å². The molecule has 128 valence electrons. The van der Waals surface area contributed by atoms with E-state index in [0.717, 1.165) is 44.3 Å². The molecule has 2 aliphatic rings. The highest BCUT2D eigenvalue weighted by molar-refractivity contribution is 5.25. The highest BCUT2D eigenvalue weighted by atomic mass is 16.5. The summed E-state index contributed by atoms with van der Waals surface area (Å²) in [5.74, 6) is 1.47. The summed E-state index contributed by atoms with van der Waals surface area (Å²) in [6, 6.07) is 6.13. The van der Waals surface area contributed by atoms with Gasteiger partial charge in [-0.2, -0.15) is 5.10 Å². The van der Waals surface area contributed by atoms with E-state index in [-0.39, 0.29) is 6.10 Å². The molecule has 1 aliphatic carbocycles. The van der Waals surface area contributed by atoms with Gasteiger partial charge in [0.2, 0.25) is 5.88 Å². The maximum Gasteiger partial charge on any atom is 0.217 e. The topological polar surface area (TPSA) is 52.4 Å². The largest absolute Gasteiger partial charge is 0.481 e. The van der Waals surface area contributed by atoms with Gasteiger partial charge in [-0.1, -0.05) is 6.07 Å². The van der Waals surface area contributed by atoms with Gasteiger partial charge >= 0.3 is 0 Å². The molecule has 2 aromatic heterocycles. The van der Waals surface area contributed by atoms with E-state index in [2.05, 4.69) is 31.8 Å². The Morgan fingerprint density at radius 3 is 2.96 bits per heavy atom. The lowest BCUT2D eigenvalue weighted by Gasteiger charge is -2.24. The molecule has 4 rings (SSSR count). The van der Waals surface area contributed by atoms with Gasteiger partial charge in [0.1, 0.15) is 0 Å². The Kier molecular flexibility index (Phi) is 4.49. The molecule has 1 aliphatic heterocycles. The monoisotopic (exact) mass is 328 g/mol. The van der Waals surface area contributed by atoms with Gasteiger partial charge in [0, 0.05) is 44.2 Å². The summed E-state index contributed by atoms with van der Waals surface area (Å²) in [4.78, 5) is 6.71. The van der Waals surface area contributed by atoms with Crippen LogP contribution >= 0.6 is 0 Å². The highest BCUT2D eigenvalue weighted by Gasteiger charge is 2.27. The molecule has 24 heavy (non-hydrogen) atoms. The molecule has 6 nitrogen and oxygen atoms in total. The van der Waals surface area contributed by atoms with Gasteiger partial charge in [-0.05, 0) is 30.9 Å². The third-order valence-electron chi connectivity index (χ3n) is 4.73. The van der Waals surface area contributed by atoms with Crippen molar-refractivity contribution in [2.24, 2.45) is 5.92 Å². The Balaban J connectivity index is 1.50. The molecule has 6 heteroatoms. The van der Waals surface area contributed by atoms with Crippen molar-refractivity contribution in [3.8, 4) is 5.88 Å². The van der Waals surface area contributed by atoms with E-state index < -0.39 is 0 Å². The summed E-state index contributed by atoms with van der Waals surface area (Å²) in [7, 11) is 1.67. The minimum absolute atomic E-state index is 0.175. The van der Waals surface area contributed by atoms with Gasteiger partial charge < -0.3 is 9.47 Å². The van der Waals surface area contributed by atoms with Crippen LogP contribution in [0.25, 0.3) is 0 Å². The summed E-state index contributed by atoms with van der Waals surface area (Å²) >= 11 is 0. The van der Waals surface area contributed by atoms with Crippen molar-refractivity contribution >= 4 is 0 Å². The molecule has 0 unspecified atom stereocenters. The molecule has 0 bridgehead atoms. The molecular formula is C18H24N4O2. The average molecular weight is 328 g/mol. The number of hydrogen-bond donors (Lipinski definition) is 0. The van der Waals surface area contributed by atoms with Crippen LogP contribution in [0.15, 0.2) is 30.6 Å². The number of pyridine rings is 1. The first-order chi connectivity index (χ1) is 11.8. The fourth-order valence-electron chi connectivity index (χ4n) is 3.24. The number of hydrogen-bond acceptors (Lipinski definition) is 5. The number of rotatable bonds is 6. The highest BCUT2D eigenvalue weighted by Crippen LogP contribution is 2.30. The molecule has 2 aromatic rings. The fraction of sp³-hybridized carbons (Fsp3) is 0.556. The van der Waals surface area contributed by atoms with Crippen LogP contribution in [0.4, 0.5) is 0 Å². The predicted octanol–water partition coefficient (Wildman–Crippen LogP) is 2.10. The Bertz CT molecular complexity index is 683. The van der Waals surface area contributed by atoms with Crippen LogP contribution in [-0.4, -0.2) is 46.0 Å². The lowest BCUT2D eigenvalue weighted by molar-refractivity contribution is 0.0121. The van der Waals surface area contributed by atoms with Gasteiger partial charge in [-0.3, -0.25) is 9.58 Å². The zero-order valence-electron chi connectivity index (χ0n) is 14.1. The third-order valence-corrected chi connectivity index (χ3v) is 4.73. The Hall–Kier alpha value is -1.92. The third kappa shape index (κ3) is 3.60. The van der Waals surface area contributed by atoms with E-state index in [1.54, 1.807) is 13.3 Å². The minimum atomic E-state index is 0.175. The van der Waals surface area contributed by atoms with Crippen molar-refractivity contribution in [3.05, 3.63) is 41.9 Å². The Labute approximate surface area is 142 Å². The number of aromatic nitrogens is 3. The number of nitrogens with zero attached hydrogens (tertiary/aromatic N) is 4. The second-order valence-corrected chi connectivity index (χ2v) is 6.74. The van der Waals surface area contributed by atoms with Crippen LogP contribution in [0, 0.1) is 5.92 Å². The summed E-state index contributed by atoms with van der Waals surface area (Å²) in [5.41, 5.74) is 2.34. The number of methoxy groups -OCH3 is 1. The lowest BCUT2D eigenvalue weighted by atomic mass is 10.2. The summed E-state index contributed by atoms with van der Waals surface area (Å²) in [6.45, 7) is 4.27. The standard InChI is InChI=1S/C18H24N4O2/c1-23-18-15(3-2-7-19-18)9-21-10-16-6-8-20-22(16)12-17(11-21)24-13-14-4-5-14/h2-3,6-8,14,17H,4-5,9-13H2,1H3/t17-/m1/s1. The van der Waals surface area contributed by atoms with Crippen LogP contribution in [-0.2, 0) is 24.4 Å². The molecule has 0 saturated heterocycles. The molecule has 0 N–H and O–H groups in total. The Morgan fingerprint density at radius 2 is 2.12 bits per heavy atom. The maximum atomic E-state index is 6.19. The van der Waals surface area contributed by atoms with Gasteiger partial charge in [-0.15, -0.1) is 0 Å². The average Bonchev–Trinajstić information content (AvgIpc) is 3.36. The number of ether oxygens (including phenoxy) is 2. The van der Waals surface area contributed by atoms with Crippen LogP contribution < -0.4 is 4.74 Å². The molecular weight excluding hydrogens is 304 g/mol. The first-order valence-corrected chi connectivity index (χ1v) is 8.64. The molecule has 3 heterocycles. The minimum Gasteiger partial charge on any atom is -0.481 e. The van der Waals surface area contributed by atoms with Gasteiger partial charge in [-0.25, -0.2) is 4.98 Å². The maximum absolute atomic E-state index is 6.19. The second kappa shape index (κ2) is 6.91. The van der Waals surface area contributed by atoms with Crippen molar-refractivity contribution in [3.63, 3.8) is 0 Å². The SMILES string of the molecule is COc1ncccc1CN1Cc2ccnn2C[C@H](OCC2CC2)C1. The molecule has 1 saturated carbocycles. The Morgan fingerprint density at radius 1 is 1.21 bits per heavy atom. The van der Waals surface area contributed by atoms with E-state index in [9.17, 15) is 0 Å². The second-order valence-electron chi connectivity index (χ2n) is 6.74. The van der Waals surface area contributed by atoms with E-state index >= 15 is 0 Å². The van der Waals surface area contributed by atoms with Crippen LogP contribution in [0.1, 0.15) is 24.1 Å². The molecule has 0 spiro atoms. The van der Waals surface area contributed by atoms with Crippen molar-refractivity contribution < 1.29 is 9.47 Å². The summed E-state index contributed by atoms with van der Waals surface area (Å²) in [6.07, 6.45) is 6.45. The van der Waals surface area contributed by atoms with E-state index in [1.807, 2.05) is 12.3 Å². The first-order valence-electron chi connectivity index (χ1n) is 8.64. The zero-order valence-corrected chi connectivity index (χ0v) is 14.1. The van der Waals surface area contributed by atoms with Crippen molar-refractivity contribution in [1.29, 1.82) is 0 Å². The molecule has 1 atom stereocenters. The molecule has 0 amide bonds. The summed E-state index contributed by atoms with van der Waals surface area (Å²) in [5, 5.41) is 4.46. The molecule has 1 fully saturated rings. The van der Waals surface area contributed by atoms with Crippen LogP contribution in [0.2, 0.25) is 0 Å². The quantitative estimate of drug-likeness (QED) is 0.813. The molecule has 0 aromatic carbocycles. The van der Waals surface area contributed by atoms with Gasteiger partial charge in [0.15, 0.2) is 0 Å². The fourth-order valence-corrected chi connectivity index (χ4v) is 3.24. The summed E-state index contributed by atoms with van der Waals surface area (Å²) < 4.78 is 13.7. The zero-order chi connectivity index (χ0) is 16.4. The smallest absolute Gasteiger partial charge is 0.217 e. The lowest BCUT2D eigenvalue weighted by Crippen LogP contribution is -2.33.